The fraction of sp³-hybridized carbons (Fsp3) is 0.389. The van der Waals surface area contributed by atoms with Gasteiger partial charge in [-0.05, 0) is 32.0 Å². The van der Waals surface area contributed by atoms with Gasteiger partial charge in [-0.15, -0.1) is 36.2 Å². The van der Waals surface area contributed by atoms with Crippen molar-refractivity contribution in [2.24, 2.45) is 0 Å². The predicted octanol–water partition coefficient (Wildman–Crippen LogP) is 3.43. The van der Waals surface area contributed by atoms with Crippen molar-refractivity contribution in [1.29, 1.82) is 0 Å². The average Bonchev–Trinajstić information content (AvgIpc) is 3.18. The Bertz CT molecular complexity index is 864. The highest BCUT2D eigenvalue weighted by atomic mass is 35.5. The van der Waals surface area contributed by atoms with E-state index in [-0.39, 0.29) is 37.3 Å². The first-order valence-corrected chi connectivity index (χ1v) is 9.41. The molecule has 0 spiro atoms. The molecule has 1 amide bonds. The van der Waals surface area contributed by atoms with E-state index in [9.17, 15) is 4.79 Å². The number of hydrogen-bond donors (Lipinski definition) is 2. The van der Waals surface area contributed by atoms with Crippen molar-refractivity contribution < 1.29 is 4.79 Å². The molecule has 2 heterocycles. The van der Waals surface area contributed by atoms with Gasteiger partial charge in [0.1, 0.15) is 6.54 Å². The zero-order valence-electron chi connectivity index (χ0n) is 15.4. The molecule has 0 fully saturated rings. The van der Waals surface area contributed by atoms with Crippen molar-refractivity contribution >= 4 is 53.1 Å². The zero-order valence-corrected chi connectivity index (χ0v) is 17.8. The van der Waals surface area contributed by atoms with E-state index in [0.29, 0.717) is 6.54 Å². The number of rotatable bonds is 8. The van der Waals surface area contributed by atoms with Crippen LogP contribution in [0.5, 0.6) is 0 Å². The number of imidazole rings is 1. The molecule has 6 nitrogen and oxygen atoms in total. The first kappa shape index (κ1) is 23.4. The van der Waals surface area contributed by atoms with Crippen LogP contribution in [0.4, 0.5) is 0 Å². The van der Waals surface area contributed by atoms with Gasteiger partial charge in [0.15, 0.2) is 5.82 Å². The van der Waals surface area contributed by atoms with E-state index in [1.807, 2.05) is 41.3 Å². The molecule has 1 aromatic carbocycles. The number of hydrogen-bond acceptors (Lipinski definition) is 5. The molecule has 0 aliphatic heterocycles. The van der Waals surface area contributed by atoms with Gasteiger partial charge in [0.2, 0.25) is 5.91 Å². The van der Waals surface area contributed by atoms with E-state index in [0.717, 1.165) is 46.9 Å². The summed E-state index contributed by atoms with van der Waals surface area (Å²) in [5, 5.41) is 6.25. The van der Waals surface area contributed by atoms with Crippen molar-refractivity contribution in [3.05, 3.63) is 35.5 Å². The van der Waals surface area contributed by atoms with Crippen molar-refractivity contribution in [2.75, 3.05) is 19.6 Å². The van der Waals surface area contributed by atoms with Crippen LogP contribution in [0.2, 0.25) is 0 Å². The van der Waals surface area contributed by atoms with Crippen molar-refractivity contribution in [2.45, 2.75) is 26.8 Å². The number of nitrogens with one attached hydrogen (secondary N) is 2. The highest BCUT2D eigenvalue weighted by Crippen LogP contribution is 2.29. The molecule has 0 radical (unpaired) electrons. The molecular weight excluding hydrogens is 405 g/mol. The third kappa shape index (κ3) is 5.65. The number of aryl methyl sites for hydroxylation is 1. The van der Waals surface area contributed by atoms with Crippen LogP contribution in [0.15, 0.2) is 29.8 Å². The summed E-state index contributed by atoms with van der Waals surface area (Å²) >= 11 is 1.55. The summed E-state index contributed by atoms with van der Waals surface area (Å²) in [5.74, 6) is 0.797. The second-order valence-electron chi connectivity index (χ2n) is 5.88. The Labute approximate surface area is 175 Å². The Hall–Kier alpha value is -1.67. The van der Waals surface area contributed by atoms with Crippen LogP contribution >= 0.6 is 36.2 Å². The molecule has 148 valence electrons. The van der Waals surface area contributed by atoms with Crippen LogP contribution in [0.3, 0.4) is 0 Å². The molecule has 2 aromatic heterocycles. The lowest BCUT2D eigenvalue weighted by atomic mass is 10.3. The zero-order chi connectivity index (χ0) is 17.6. The summed E-state index contributed by atoms with van der Waals surface area (Å²) in [6.07, 6.45) is 1.09. The number of para-hydroxylation sites is 2. The van der Waals surface area contributed by atoms with Crippen LogP contribution in [-0.2, 0) is 11.3 Å². The maximum atomic E-state index is 12.4. The highest BCUT2D eigenvalue weighted by molar-refractivity contribution is 7.13. The highest BCUT2D eigenvalue weighted by Gasteiger charge is 2.17. The molecule has 3 aromatic rings. The van der Waals surface area contributed by atoms with Gasteiger partial charge in [-0.2, -0.15) is 0 Å². The van der Waals surface area contributed by atoms with Gasteiger partial charge in [0, 0.05) is 13.1 Å². The lowest BCUT2D eigenvalue weighted by Crippen LogP contribution is -2.34. The van der Waals surface area contributed by atoms with Gasteiger partial charge in [-0.25, -0.2) is 9.97 Å². The van der Waals surface area contributed by atoms with E-state index >= 15 is 0 Å². The number of thiazole rings is 1. The molecule has 0 aliphatic carbocycles. The maximum Gasteiger partial charge on any atom is 0.240 e. The Balaban J connectivity index is 0.00000182. The third-order valence-corrected chi connectivity index (χ3v) is 4.88. The Morgan fingerprint density at radius 2 is 1.96 bits per heavy atom. The molecular formula is C18H25Cl2N5OS. The van der Waals surface area contributed by atoms with Crippen LogP contribution < -0.4 is 10.6 Å². The number of halogens is 2. The molecule has 0 saturated carbocycles. The second kappa shape index (κ2) is 11.2. The van der Waals surface area contributed by atoms with Crippen molar-refractivity contribution in [1.82, 2.24) is 25.2 Å². The van der Waals surface area contributed by atoms with E-state index in [1.54, 1.807) is 11.3 Å². The predicted molar refractivity (Wildman–Crippen MR) is 116 cm³/mol. The van der Waals surface area contributed by atoms with Crippen LogP contribution in [0, 0.1) is 6.92 Å². The number of fused-ring (bicyclic) bond motifs is 1. The first-order chi connectivity index (χ1) is 12.2. The Morgan fingerprint density at radius 3 is 2.67 bits per heavy atom. The minimum Gasteiger partial charge on any atom is -0.353 e. The molecule has 3 rings (SSSR count). The lowest BCUT2D eigenvalue weighted by molar-refractivity contribution is -0.121. The lowest BCUT2D eigenvalue weighted by Gasteiger charge is -2.10. The van der Waals surface area contributed by atoms with Crippen LogP contribution in [-0.4, -0.2) is 40.1 Å². The minimum atomic E-state index is -0.00938. The van der Waals surface area contributed by atoms with E-state index in [2.05, 4.69) is 22.5 Å². The number of benzene rings is 1. The molecule has 0 saturated heterocycles. The van der Waals surface area contributed by atoms with Gasteiger partial charge < -0.3 is 15.2 Å². The number of aromatic nitrogens is 3. The summed E-state index contributed by atoms with van der Waals surface area (Å²) in [6.45, 7) is 6.72. The number of carbonyl (C=O) groups excluding carboxylic acids is 1. The van der Waals surface area contributed by atoms with E-state index < -0.39 is 0 Å². The molecule has 0 aliphatic rings. The smallest absolute Gasteiger partial charge is 0.240 e. The molecule has 0 unspecified atom stereocenters. The van der Waals surface area contributed by atoms with Crippen molar-refractivity contribution in [3.8, 4) is 10.7 Å². The molecule has 2 N–H and O–H groups in total. The molecule has 0 bridgehead atoms. The third-order valence-electron chi connectivity index (χ3n) is 3.96. The Kier molecular flexibility index (Phi) is 9.73. The topological polar surface area (TPSA) is 71.8 Å². The van der Waals surface area contributed by atoms with Crippen LogP contribution in [0.1, 0.15) is 19.0 Å². The fourth-order valence-electron chi connectivity index (χ4n) is 2.72. The second-order valence-corrected chi connectivity index (χ2v) is 6.73. The SMILES string of the molecule is CCCNCCNC(=O)Cn1c(-c2scnc2C)nc2ccccc21.Cl.Cl. The monoisotopic (exact) mass is 429 g/mol. The molecule has 0 atom stereocenters. The number of carbonyl (C=O) groups is 1. The van der Waals surface area contributed by atoms with Gasteiger partial charge in [0.25, 0.3) is 0 Å². The van der Waals surface area contributed by atoms with Gasteiger partial charge >= 0.3 is 0 Å². The molecule has 27 heavy (non-hydrogen) atoms. The minimum absolute atomic E-state index is 0. The van der Waals surface area contributed by atoms with Gasteiger partial charge in [-0.1, -0.05) is 19.1 Å². The average molecular weight is 430 g/mol. The quantitative estimate of drug-likeness (QED) is 0.538. The Morgan fingerprint density at radius 1 is 1.19 bits per heavy atom. The van der Waals surface area contributed by atoms with Crippen molar-refractivity contribution in [3.63, 3.8) is 0 Å². The van der Waals surface area contributed by atoms with Gasteiger partial charge in [0.05, 0.1) is 27.1 Å². The normalized spacial score (nSPS) is 10.3. The summed E-state index contributed by atoms with van der Waals surface area (Å²) in [6, 6.07) is 7.90. The largest absolute Gasteiger partial charge is 0.353 e. The first-order valence-electron chi connectivity index (χ1n) is 8.54. The number of amides is 1. The van der Waals surface area contributed by atoms with Gasteiger partial charge in [-0.3, -0.25) is 4.79 Å². The molecule has 9 heteroatoms. The van der Waals surface area contributed by atoms with E-state index in [4.69, 9.17) is 4.98 Å². The van der Waals surface area contributed by atoms with E-state index in [1.165, 1.54) is 0 Å². The maximum absolute atomic E-state index is 12.4. The number of nitrogens with zero attached hydrogens (tertiary/aromatic N) is 3. The summed E-state index contributed by atoms with van der Waals surface area (Å²) in [5.41, 5.74) is 4.60. The summed E-state index contributed by atoms with van der Waals surface area (Å²) in [4.78, 5) is 22.5. The summed E-state index contributed by atoms with van der Waals surface area (Å²) in [7, 11) is 0. The summed E-state index contributed by atoms with van der Waals surface area (Å²) < 4.78 is 1.98. The standard InChI is InChI=1S/C18H23N5OS.2ClH/c1-3-8-19-9-10-20-16(24)11-23-15-7-5-4-6-14(15)22-18(23)17-13(2)21-12-25-17;;/h4-7,12,19H,3,8-11H2,1-2H3,(H,20,24);2*1H. The van der Waals surface area contributed by atoms with Crippen LogP contribution in [0.25, 0.3) is 21.7 Å². The fourth-order valence-corrected chi connectivity index (χ4v) is 3.52.